The van der Waals surface area contributed by atoms with E-state index in [1.165, 1.54) is 18.1 Å². The van der Waals surface area contributed by atoms with Gasteiger partial charge in [-0.2, -0.15) is 0 Å². The van der Waals surface area contributed by atoms with E-state index in [9.17, 15) is 14.7 Å². The highest BCUT2D eigenvalue weighted by Crippen LogP contribution is 2.65. The van der Waals surface area contributed by atoms with Gasteiger partial charge in [0.15, 0.2) is 23.1 Å². The number of anilines is 1. The normalized spacial score (nSPS) is 27.3. The van der Waals surface area contributed by atoms with E-state index in [0.717, 1.165) is 10.0 Å². The first-order chi connectivity index (χ1) is 24.2. The molecule has 1 heterocycles. The van der Waals surface area contributed by atoms with Gasteiger partial charge in [-0.05, 0) is 72.4 Å². The molecule has 0 aromatic heterocycles. The lowest BCUT2D eigenvalue weighted by atomic mass is 9.44. The molecule has 8 rings (SSSR count). The number of aromatic hydroxyl groups is 1. The van der Waals surface area contributed by atoms with Gasteiger partial charge in [0.05, 0.1) is 30.0 Å². The number of halogens is 2. The fourth-order valence-electron chi connectivity index (χ4n) is 9.03. The van der Waals surface area contributed by atoms with Gasteiger partial charge in [0.2, 0.25) is 11.8 Å². The quantitative estimate of drug-likeness (QED) is 0.163. The van der Waals surface area contributed by atoms with E-state index in [1.54, 1.807) is 36.4 Å². The van der Waals surface area contributed by atoms with Crippen LogP contribution in [0.25, 0.3) is 5.57 Å². The maximum absolute atomic E-state index is 15.2. The highest BCUT2D eigenvalue weighted by Gasteiger charge is 2.66. The molecule has 1 aliphatic heterocycles. The van der Waals surface area contributed by atoms with Crippen molar-refractivity contribution in [2.24, 2.45) is 23.7 Å². The van der Waals surface area contributed by atoms with Crippen LogP contribution in [0.3, 0.4) is 0 Å². The van der Waals surface area contributed by atoms with E-state index in [-0.39, 0.29) is 47.7 Å². The van der Waals surface area contributed by atoms with E-state index in [0.29, 0.717) is 32.4 Å². The lowest BCUT2D eigenvalue weighted by molar-refractivity contribution is -0.135. The highest BCUT2D eigenvalue weighted by molar-refractivity contribution is 9.10. The molecule has 4 aromatic rings. The summed E-state index contributed by atoms with van der Waals surface area (Å²) in [6, 6.07) is 28.9. The van der Waals surface area contributed by atoms with E-state index < -0.39 is 35.0 Å². The summed E-state index contributed by atoms with van der Waals surface area (Å²) in [5, 5.41) is 11.9. The Morgan fingerprint density at radius 3 is 2.18 bits per heavy atom. The zero-order chi connectivity index (χ0) is 34.9. The summed E-state index contributed by atoms with van der Waals surface area (Å²) < 4.78 is 7.02. The maximum atomic E-state index is 15.2. The van der Waals surface area contributed by atoms with Gasteiger partial charge in [0.1, 0.15) is 0 Å². The number of phenols is 1. The first-order valence-corrected chi connectivity index (χ1v) is 18.1. The van der Waals surface area contributed by atoms with Crippen LogP contribution < -0.4 is 9.64 Å². The number of ether oxygens (including phenoxy) is 1. The number of imide groups is 1. The summed E-state index contributed by atoms with van der Waals surface area (Å²) in [6.07, 6.45) is 3.90. The molecular formula is C41H31Br2NO6. The highest BCUT2D eigenvalue weighted by atomic mass is 79.9. The molecule has 6 unspecified atom stereocenters. The number of hydrogen-bond donors (Lipinski definition) is 1. The van der Waals surface area contributed by atoms with Crippen LogP contribution in [0.1, 0.15) is 35.4 Å². The van der Waals surface area contributed by atoms with Crippen LogP contribution in [0, 0.1) is 23.7 Å². The standard InChI is InChI=1S/C41H31Br2NO6/c1-50-33-19-25(43)18-31(38(33)47)36-27-16-17-28-35(40(49)44(39(28)48)26-14-12-24(42)13-15-26)30(27)20-32-37(46)29(22-8-4-2-5-9-22)21-34(45)41(32,36)23-10-6-3-7-11-23/h2-16,18-19,21,28,30,32,35-36,47H,17,20H2,1H3. The number of Topliss-reactive ketones (excluding diaryl/α,β-unsaturated/α-hetero) is 1. The van der Waals surface area contributed by atoms with Crippen molar-refractivity contribution in [1.29, 1.82) is 0 Å². The number of carbonyl (C=O) groups excluding carboxylic acids is 4. The molecule has 250 valence electrons. The molecule has 4 aromatic carbocycles. The number of rotatable bonds is 5. The number of hydrogen-bond acceptors (Lipinski definition) is 6. The molecule has 9 heteroatoms. The second-order valence-electron chi connectivity index (χ2n) is 13.3. The number of phenolic OH excluding ortho intramolecular Hbond substituents is 1. The number of carbonyl (C=O) groups is 4. The van der Waals surface area contributed by atoms with Gasteiger partial charge < -0.3 is 9.84 Å². The summed E-state index contributed by atoms with van der Waals surface area (Å²) in [5.41, 5.74) is 1.77. The van der Waals surface area contributed by atoms with Crippen molar-refractivity contribution >= 4 is 66.5 Å². The topological polar surface area (TPSA) is 101 Å². The smallest absolute Gasteiger partial charge is 0.238 e. The molecule has 3 aliphatic carbocycles. The maximum Gasteiger partial charge on any atom is 0.238 e. The lowest BCUT2D eigenvalue weighted by Crippen LogP contribution is -2.58. The Kier molecular flexibility index (Phi) is 8.03. The number of ketones is 2. The molecule has 0 spiro atoms. The number of amides is 2. The number of nitrogens with zero attached hydrogens (tertiary/aromatic N) is 1. The predicted octanol–water partition coefficient (Wildman–Crippen LogP) is 7.95. The first-order valence-electron chi connectivity index (χ1n) is 16.5. The van der Waals surface area contributed by atoms with E-state index in [1.807, 2.05) is 66.7 Å². The first kappa shape index (κ1) is 32.6. The number of methoxy groups -OCH3 is 1. The molecular weight excluding hydrogens is 762 g/mol. The summed E-state index contributed by atoms with van der Waals surface area (Å²) in [4.78, 5) is 60.1. The summed E-state index contributed by atoms with van der Waals surface area (Å²) in [7, 11) is 1.46. The Balaban J connectivity index is 1.39. The van der Waals surface area contributed by atoms with Gasteiger partial charge in [-0.1, -0.05) is 104 Å². The minimum Gasteiger partial charge on any atom is -0.504 e. The molecule has 1 saturated carbocycles. The zero-order valence-corrected chi connectivity index (χ0v) is 30.1. The van der Waals surface area contributed by atoms with Crippen LogP contribution in [0.2, 0.25) is 0 Å². The van der Waals surface area contributed by atoms with Crippen molar-refractivity contribution in [3.63, 3.8) is 0 Å². The van der Waals surface area contributed by atoms with Crippen molar-refractivity contribution in [2.75, 3.05) is 12.0 Å². The minimum atomic E-state index is -1.47. The van der Waals surface area contributed by atoms with Crippen LogP contribution in [0.5, 0.6) is 11.5 Å². The van der Waals surface area contributed by atoms with E-state index in [4.69, 9.17) is 4.74 Å². The van der Waals surface area contributed by atoms with Gasteiger partial charge in [-0.3, -0.25) is 24.1 Å². The molecule has 2 amide bonds. The Bertz CT molecular complexity index is 2140. The Labute approximate surface area is 305 Å². The Hall–Kier alpha value is -4.60. The van der Waals surface area contributed by atoms with Gasteiger partial charge in [-0.15, -0.1) is 0 Å². The number of benzene rings is 4. The minimum absolute atomic E-state index is 0.151. The van der Waals surface area contributed by atoms with Crippen LogP contribution in [0.4, 0.5) is 5.69 Å². The van der Waals surface area contributed by atoms with Gasteiger partial charge in [-0.25, -0.2) is 0 Å². The molecule has 1 saturated heterocycles. The third-order valence-corrected chi connectivity index (χ3v) is 12.0. The zero-order valence-electron chi connectivity index (χ0n) is 26.9. The second-order valence-corrected chi connectivity index (χ2v) is 15.2. The fraction of sp³-hybridized carbons (Fsp3) is 0.220. The monoisotopic (exact) mass is 791 g/mol. The molecule has 0 radical (unpaired) electrons. The Morgan fingerprint density at radius 2 is 1.50 bits per heavy atom. The molecule has 2 fully saturated rings. The van der Waals surface area contributed by atoms with Crippen molar-refractivity contribution in [3.05, 3.63) is 140 Å². The third kappa shape index (κ3) is 4.73. The van der Waals surface area contributed by atoms with Crippen LogP contribution >= 0.6 is 31.9 Å². The van der Waals surface area contributed by atoms with Crippen LogP contribution in [-0.4, -0.2) is 35.6 Å². The predicted molar refractivity (Wildman–Crippen MR) is 196 cm³/mol. The van der Waals surface area contributed by atoms with Crippen molar-refractivity contribution in [2.45, 2.75) is 24.2 Å². The van der Waals surface area contributed by atoms with E-state index in [2.05, 4.69) is 31.9 Å². The van der Waals surface area contributed by atoms with Gasteiger partial charge >= 0.3 is 0 Å². The van der Waals surface area contributed by atoms with Gasteiger partial charge in [0.25, 0.3) is 0 Å². The average Bonchev–Trinajstić information content (AvgIpc) is 3.39. The van der Waals surface area contributed by atoms with Gasteiger partial charge in [0, 0.05) is 31.9 Å². The molecule has 50 heavy (non-hydrogen) atoms. The summed E-state index contributed by atoms with van der Waals surface area (Å²) in [5.74, 6) is -4.76. The van der Waals surface area contributed by atoms with Crippen LogP contribution in [0.15, 0.2) is 124 Å². The van der Waals surface area contributed by atoms with Crippen molar-refractivity contribution in [1.82, 2.24) is 0 Å². The largest absolute Gasteiger partial charge is 0.504 e. The van der Waals surface area contributed by atoms with Crippen molar-refractivity contribution < 1.29 is 29.0 Å². The van der Waals surface area contributed by atoms with Crippen LogP contribution in [-0.2, 0) is 24.6 Å². The summed E-state index contributed by atoms with van der Waals surface area (Å²) in [6.45, 7) is 0. The molecule has 0 bridgehead atoms. The lowest BCUT2D eigenvalue weighted by Gasteiger charge is -2.55. The molecule has 7 nitrogen and oxygen atoms in total. The fourth-order valence-corrected chi connectivity index (χ4v) is 9.75. The third-order valence-electron chi connectivity index (χ3n) is 11.1. The molecule has 4 aliphatic rings. The second kappa shape index (κ2) is 12.3. The number of fused-ring (bicyclic) bond motifs is 4. The van der Waals surface area contributed by atoms with Crippen molar-refractivity contribution in [3.8, 4) is 11.5 Å². The average molecular weight is 794 g/mol. The molecule has 1 N–H and O–H groups in total. The number of allylic oxidation sites excluding steroid dienone is 4. The Morgan fingerprint density at radius 1 is 0.820 bits per heavy atom. The SMILES string of the molecule is COc1cc(Br)cc(C2C3=CCC4C(=O)N(c5ccc(Br)cc5)C(=O)C4C3CC3C(=O)C(c4ccccc4)=CC(=O)C32c2ccccc2)c1O. The van der Waals surface area contributed by atoms with E-state index >= 15 is 9.59 Å². The summed E-state index contributed by atoms with van der Waals surface area (Å²) >= 11 is 7.03. The molecule has 6 atom stereocenters.